The van der Waals surface area contributed by atoms with Gasteiger partial charge >= 0.3 is 0 Å². The first kappa shape index (κ1) is 23.4. The number of nitrogens with zero attached hydrogens (tertiary/aromatic N) is 1. The first-order valence-corrected chi connectivity index (χ1v) is 10.8. The molecular weight excluding hydrogens is 392 g/mol. The topological polar surface area (TPSA) is 62.2 Å². The van der Waals surface area contributed by atoms with E-state index in [-0.39, 0.29) is 30.9 Å². The van der Waals surface area contributed by atoms with Crippen molar-refractivity contribution in [1.82, 2.24) is 4.90 Å². The fraction of sp³-hybridized carbons (Fsp3) is 0.739. The van der Waals surface area contributed by atoms with Crippen molar-refractivity contribution < 1.29 is 28.5 Å². The Morgan fingerprint density at radius 2 is 1.73 bits per heavy atom. The zero-order valence-corrected chi connectivity index (χ0v) is 18.3. The van der Waals surface area contributed by atoms with Crippen LogP contribution < -0.4 is 4.74 Å². The van der Waals surface area contributed by atoms with Gasteiger partial charge in [0.2, 0.25) is 0 Å². The first-order valence-electron chi connectivity index (χ1n) is 10.8. The van der Waals surface area contributed by atoms with Crippen LogP contribution in [0.5, 0.6) is 5.75 Å². The zero-order chi connectivity index (χ0) is 22.0. The van der Waals surface area contributed by atoms with Gasteiger partial charge < -0.3 is 19.7 Å². The molecule has 0 radical (unpaired) electrons. The lowest BCUT2D eigenvalue weighted by Crippen LogP contribution is -2.53. The average Bonchev–Trinajstić information content (AvgIpc) is 2.80. The molecule has 170 valence electrons. The Morgan fingerprint density at radius 1 is 1.10 bits per heavy atom. The molecule has 1 saturated carbocycles. The summed E-state index contributed by atoms with van der Waals surface area (Å²) in [5.41, 5.74) is -1.87. The minimum atomic E-state index is -1.34. The van der Waals surface area contributed by atoms with Crippen LogP contribution in [0.25, 0.3) is 0 Å². The minimum absolute atomic E-state index is 0.0239. The van der Waals surface area contributed by atoms with Crippen molar-refractivity contribution in [2.45, 2.75) is 57.7 Å². The predicted molar refractivity (Wildman–Crippen MR) is 110 cm³/mol. The summed E-state index contributed by atoms with van der Waals surface area (Å²) in [4.78, 5) is 2.01. The summed E-state index contributed by atoms with van der Waals surface area (Å²) in [6.07, 6.45) is 3.46. The standard InChI is InChI=1S/C23H35F2NO4/c1-21(2,3)17-4-6-22(27,7-5-17)13-26-8-9-29-15-23(28,14-26)16-30-20-11-18(24)10-19(25)12-20/h10-12,17,27-28H,4-9,13-16H2,1-3H3/t17?,22?,23-/m1/s1. The molecule has 1 aromatic rings. The molecule has 1 saturated heterocycles. The van der Waals surface area contributed by atoms with E-state index < -0.39 is 22.8 Å². The van der Waals surface area contributed by atoms with Crippen molar-refractivity contribution in [1.29, 1.82) is 0 Å². The van der Waals surface area contributed by atoms with Crippen LogP contribution in [0.3, 0.4) is 0 Å². The van der Waals surface area contributed by atoms with E-state index in [1.165, 1.54) is 0 Å². The summed E-state index contributed by atoms with van der Waals surface area (Å²) in [5.74, 6) is -0.842. The number of hydrogen-bond donors (Lipinski definition) is 2. The van der Waals surface area contributed by atoms with Crippen molar-refractivity contribution in [3.8, 4) is 5.75 Å². The normalized spacial score (nSPS) is 31.4. The third-order valence-electron chi connectivity index (χ3n) is 6.44. The van der Waals surface area contributed by atoms with Gasteiger partial charge in [0.1, 0.15) is 29.6 Å². The number of rotatable bonds is 5. The summed E-state index contributed by atoms with van der Waals surface area (Å²) >= 11 is 0. The van der Waals surface area contributed by atoms with Gasteiger partial charge in [0, 0.05) is 37.8 Å². The minimum Gasteiger partial charge on any atom is -0.490 e. The third kappa shape index (κ3) is 6.36. The number of halogens is 2. The van der Waals surface area contributed by atoms with Crippen LogP contribution in [0.4, 0.5) is 8.78 Å². The molecule has 0 spiro atoms. The first-order chi connectivity index (χ1) is 14.0. The Hall–Kier alpha value is -1.28. The Bertz CT molecular complexity index is 695. The highest BCUT2D eigenvalue weighted by molar-refractivity contribution is 5.24. The van der Waals surface area contributed by atoms with Crippen molar-refractivity contribution in [2.24, 2.45) is 11.3 Å². The zero-order valence-electron chi connectivity index (χ0n) is 18.3. The quantitative estimate of drug-likeness (QED) is 0.755. The van der Waals surface area contributed by atoms with E-state index in [9.17, 15) is 19.0 Å². The van der Waals surface area contributed by atoms with E-state index in [1.807, 2.05) is 4.90 Å². The van der Waals surface area contributed by atoms with E-state index in [0.29, 0.717) is 25.6 Å². The summed E-state index contributed by atoms with van der Waals surface area (Å²) in [5, 5.41) is 22.2. The van der Waals surface area contributed by atoms with Crippen LogP contribution >= 0.6 is 0 Å². The second kappa shape index (κ2) is 9.07. The molecule has 1 heterocycles. The molecule has 0 aromatic heterocycles. The number of β-amino-alcohol motifs (C(OH)–C–C–N with tert-alkyl or cyclic N) is 2. The SMILES string of the molecule is CC(C)(C)C1CCC(O)(CN2CCOC[C@@](O)(COc3cc(F)cc(F)c3)C2)CC1. The predicted octanol–water partition coefficient (Wildman–Crippen LogP) is 3.37. The van der Waals surface area contributed by atoms with Gasteiger partial charge in [-0.15, -0.1) is 0 Å². The van der Waals surface area contributed by atoms with Crippen molar-refractivity contribution in [2.75, 3.05) is 39.5 Å². The van der Waals surface area contributed by atoms with E-state index in [1.54, 1.807) is 0 Å². The van der Waals surface area contributed by atoms with Crippen molar-refractivity contribution >= 4 is 0 Å². The van der Waals surface area contributed by atoms with E-state index >= 15 is 0 Å². The number of ether oxygens (including phenoxy) is 2. The molecule has 2 aliphatic rings. The molecule has 0 amide bonds. The maximum atomic E-state index is 13.4. The maximum absolute atomic E-state index is 13.4. The monoisotopic (exact) mass is 427 g/mol. The lowest BCUT2D eigenvalue weighted by atomic mass is 9.68. The molecule has 1 aliphatic heterocycles. The summed E-state index contributed by atoms with van der Waals surface area (Å²) < 4.78 is 37.8. The Morgan fingerprint density at radius 3 is 2.33 bits per heavy atom. The van der Waals surface area contributed by atoms with Crippen LogP contribution in [0.1, 0.15) is 46.5 Å². The third-order valence-corrected chi connectivity index (χ3v) is 6.44. The highest BCUT2D eigenvalue weighted by atomic mass is 19.1. The molecule has 3 rings (SSSR count). The van der Waals surface area contributed by atoms with E-state index in [4.69, 9.17) is 9.47 Å². The van der Waals surface area contributed by atoms with Crippen molar-refractivity contribution in [3.05, 3.63) is 29.8 Å². The Kier molecular flexibility index (Phi) is 7.07. The van der Waals surface area contributed by atoms with Gasteiger partial charge in [0.15, 0.2) is 0 Å². The number of aliphatic hydroxyl groups is 2. The Labute approximate surface area is 178 Å². The van der Waals surface area contributed by atoms with Crippen LogP contribution in [-0.2, 0) is 4.74 Å². The second-order valence-electron chi connectivity index (χ2n) is 10.2. The van der Waals surface area contributed by atoms with Gasteiger partial charge in [-0.2, -0.15) is 0 Å². The fourth-order valence-electron chi connectivity index (χ4n) is 4.64. The molecule has 1 aliphatic carbocycles. The lowest BCUT2D eigenvalue weighted by Gasteiger charge is -2.43. The number of hydrogen-bond acceptors (Lipinski definition) is 5. The molecule has 0 bridgehead atoms. The van der Waals surface area contributed by atoms with Crippen molar-refractivity contribution in [3.63, 3.8) is 0 Å². The van der Waals surface area contributed by atoms with Gasteiger partial charge in [0.25, 0.3) is 0 Å². The van der Waals surface area contributed by atoms with Crippen LogP contribution in [0, 0.1) is 23.0 Å². The molecule has 2 N–H and O–H groups in total. The average molecular weight is 428 g/mol. The fourth-order valence-corrected chi connectivity index (χ4v) is 4.64. The largest absolute Gasteiger partial charge is 0.490 e. The summed E-state index contributed by atoms with van der Waals surface area (Å²) in [6, 6.07) is 2.93. The maximum Gasteiger partial charge on any atom is 0.134 e. The van der Waals surface area contributed by atoms with Crippen LogP contribution in [0.15, 0.2) is 18.2 Å². The van der Waals surface area contributed by atoms with Gasteiger partial charge in [-0.1, -0.05) is 20.8 Å². The molecule has 1 aromatic carbocycles. The smallest absolute Gasteiger partial charge is 0.134 e. The highest BCUT2D eigenvalue weighted by Crippen LogP contribution is 2.41. The molecule has 0 unspecified atom stereocenters. The molecule has 5 nitrogen and oxygen atoms in total. The lowest BCUT2D eigenvalue weighted by molar-refractivity contribution is -0.0808. The molecule has 7 heteroatoms. The van der Waals surface area contributed by atoms with Crippen LogP contribution in [-0.4, -0.2) is 65.8 Å². The molecule has 1 atom stereocenters. The number of benzene rings is 1. The molecule has 30 heavy (non-hydrogen) atoms. The van der Waals surface area contributed by atoms with Crippen LogP contribution in [0.2, 0.25) is 0 Å². The van der Waals surface area contributed by atoms with Gasteiger partial charge in [-0.05, 0) is 37.0 Å². The molecule has 2 fully saturated rings. The van der Waals surface area contributed by atoms with E-state index in [2.05, 4.69) is 20.8 Å². The second-order valence-corrected chi connectivity index (χ2v) is 10.2. The summed E-state index contributed by atoms with van der Waals surface area (Å²) in [7, 11) is 0. The van der Waals surface area contributed by atoms with E-state index in [0.717, 1.165) is 43.9 Å². The van der Waals surface area contributed by atoms with Gasteiger partial charge in [-0.25, -0.2) is 8.78 Å². The Balaban J connectivity index is 1.58. The highest BCUT2D eigenvalue weighted by Gasteiger charge is 2.41. The summed E-state index contributed by atoms with van der Waals surface area (Å²) in [6.45, 7) is 8.42. The van der Waals surface area contributed by atoms with Gasteiger partial charge in [0.05, 0.1) is 18.8 Å². The van der Waals surface area contributed by atoms with Gasteiger partial charge in [-0.3, -0.25) is 4.90 Å². The molecular formula is C23H35F2NO4.